The molecular formula is C12H17FN2O2. The Hall–Kier alpha value is -1.49. The summed E-state index contributed by atoms with van der Waals surface area (Å²) in [7, 11) is 1.58. The van der Waals surface area contributed by atoms with Gasteiger partial charge in [-0.3, -0.25) is 4.79 Å². The van der Waals surface area contributed by atoms with Crippen LogP contribution in [0, 0.1) is 5.95 Å². The normalized spacial score (nSPS) is 12.2. The highest BCUT2D eigenvalue weighted by molar-refractivity contribution is 5.94. The number of rotatable bonds is 6. The summed E-state index contributed by atoms with van der Waals surface area (Å²) < 4.78 is 17.9. The number of hydrogen-bond acceptors (Lipinski definition) is 3. The first-order valence-corrected chi connectivity index (χ1v) is 5.58. The van der Waals surface area contributed by atoms with Crippen LogP contribution in [0.4, 0.5) is 4.39 Å². The molecule has 0 bridgehead atoms. The summed E-state index contributed by atoms with van der Waals surface area (Å²) in [5.41, 5.74) is 0.273. The molecular weight excluding hydrogens is 223 g/mol. The van der Waals surface area contributed by atoms with E-state index in [1.165, 1.54) is 12.3 Å². The predicted molar refractivity (Wildman–Crippen MR) is 62.2 cm³/mol. The van der Waals surface area contributed by atoms with Gasteiger partial charge in [0.2, 0.25) is 5.95 Å². The van der Waals surface area contributed by atoms with Crippen LogP contribution in [-0.4, -0.2) is 30.6 Å². The molecule has 0 aliphatic heterocycles. The molecule has 1 N–H and O–H groups in total. The Bertz CT molecular complexity index is 365. The van der Waals surface area contributed by atoms with E-state index in [2.05, 4.69) is 10.3 Å². The molecule has 0 fully saturated rings. The van der Waals surface area contributed by atoms with E-state index in [1.54, 1.807) is 7.11 Å². The highest BCUT2D eigenvalue weighted by atomic mass is 19.1. The summed E-state index contributed by atoms with van der Waals surface area (Å²) in [4.78, 5) is 15.2. The van der Waals surface area contributed by atoms with E-state index in [1.807, 2.05) is 6.92 Å². The van der Waals surface area contributed by atoms with E-state index in [-0.39, 0.29) is 17.5 Å². The number of pyridine rings is 1. The second kappa shape index (κ2) is 6.96. The molecule has 5 heteroatoms. The third-order valence-electron chi connectivity index (χ3n) is 2.33. The van der Waals surface area contributed by atoms with Crippen LogP contribution >= 0.6 is 0 Å². The summed E-state index contributed by atoms with van der Waals surface area (Å²) in [6.07, 6.45) is 3.04. The van der Waals surface area contributed by atoms with Crippen molar-refractivity contribution in [3.05, 3.63) is 29.8 Å². The number of carbonyl (C=O) groups is 1. The van der Waals surface area contributed by atoms with Gasteiger partial charge in [0.1, 0.15) is 0 Å². The fraction of sp³-hybridized carbons (Fsp3) is 0.500. The Kier molecular flexibility index (Phi) is 5.56. The van der Waals surface area contributed by atoms with Crippen molar-refractivity contribution in [3.63, 3.8) is 0 Å². The van der Waals surface area contributed by atoms with Crippen molar-refractivity contribution in [1.82, 2.24) is 10.3 Å². The Balaban J connectivity index is 2.63. The molecule has 0 saturated heterocycles. The van der Waals surface area contributed by atoms with Crippen LogP contribution in [0.15, 0.2) is 18.3 Å². The summed E-state index contributed by atoms with van der Waals surface area (Å²) >= 11 is 0. The Labute approximate surface area is 100 Å². The Morgan fingerprint density at radius 3 is 3.00 bits per heavy atom. The predicted octanol–water partition coefficient (Wildman–Crippen LogP) is 1.77. The van der Waals surface area contributed by atoms with E-state index in [4.69, 9.17) is 4.74 Å². The average Bonchev–Trinajstić information content (AvgIpc) is 2.29. The lowest BCUT2D eigenvalue weighted by Crippen LogP contribution is -2.38. The largest absolute Gasteiger partial charge is 0.383 e. The van der Waals surface area contributed by atoms with Crippen LogP contribution in [0.3, 0.4) is 0 Å². The molecule has 1 aromatic heterocycles. The molecule has 1 unspecified atom stereocenters. The van der Waals surface area contributed by atoms with Gasteiger partial charge in [0.15, 0.2) is 0 Å². The lowest BCUT2D eigenvalue weighted by atomic mass is 10.1. The van der Waals surface area contributed by atoms with Gasteiger partial charge in [0.05, 0.1) is 12.6 Å². The number of carbonyl (C=O) groups excluding carboxylic acids is 1. The van der Waals surface area contributed by atoms with Gasteiger partial charge in [-0.15, -0.1) is 0 Å². The van der Waals surface area contributed by atoms with Crippen LogP contribution in [-0.2, 0) is 4.74 Å². The molecule has 17 heavy (non-hydrogen) atoms. The van der Waals surface area contributed by atoms with Crippen molar-refractivity contribution in [2.75, 3.05) is 13.7 Å². The van der Waals surface area contributed by atoms with Crippen LogP contribution in [0.2, 0.25) is 0 Å². The van der Waals surface area contributed by atoms with Crippen molar-refractivity contribution >= 4 is 5.91 Å². The SMILES string of the molecule is CCCC(COC)NC(=O)c1ccnc(F)c1. The van der Waals surface area contributed by atoms with Crippen molar-refractivity contribution in [3.8, 4) is 0 Å². The van der Waals surface area contributed by atoms with Crippen LogP contribution in [0.5, 0.6) is 0 Å². The molecule has 0 aliphatic carbocycles. The zero-order valence-corrected chi connectivity index (χ0v) is 10.1. The highest BCUT2D eigenvalue weighted by Gasteiger charge is 2.13. The first-order chi connectivity index (χ1) is 8.17. The van der Waals surface area contributed by atoms with Crippen molar-refractivity contribution in [2.45, 2.75) is 25.8 Å². The van der Waals surface area contributed by atoms with Gasteiger partial charge >= 0.3 is 0 Å². The fourth-order valence-corrected chi connectivity index (χ4v) is 1.56. The number of nitrogens with zero attached hydrogens (tertiary/aromatic N) is 1. The van der Waals surface area contributed by atoms with E-state index in [0.29, 0.717) is 6.61 Å². The summed E-state index contributed by atoms with van der Waals surface area (Å²) in [5.74, 6) is -0.960. The zero-order valence-electron chi connectivity index (χ0n) is 10.1. The second-order valence-electron chi connectivity index (χ2n) is 3.78. The molecule has 94 valence electrons. The van der Waals surface area contributed by atoms with E-state index in [9.17, 15) is 9.18 Å². The monoisotopic (exact) mass is 240 g/mol. The molecule has 0 saturated carbocycles. The molecule has 4 nitrogen and oxygen atoms in total. The first kappa shape index (κ1) is 13.6. The molecule has 0 spiro atoms. The molecule has 1 heterocycles. The maximum Gasteiger partial charge on any atom is 0.251 e. The molecule has 0 radical (unpaired) electrons. The smallest absolute Gasteiger partial charge is 0.251 e. The maximum absolute atomic E-state index is 12.8. The third kappa shape index (κ3) is 4.48. The van der Waals surface area contributed by atoms with Gasteiger partial charge in [-0.25, -0.2) is 4.98 Å². The molecule has 0 aromatic carbocycles. The molecule has 1 aromatic rings. The first-order valence-electron chi connectivity index (χ1n) is 5.58. The van der Waals surface area contributed by atoms with Gasteiger partial charge in [-0.1, -0.05) is 13.3 Å². The van der Waals surface area contributed by atoms with Crippen molar-refractivity contribution in [2.24, 2.45) is 0 Å². The maximum atomic E-state index is 12.8. The van der Waals surface area contributed by atoms with E-state index in [0.717, 1.165) is 18.9 Å². The highest BCUT2D eigenvalue weighted by Crippen LogP contribution is 2.03. The van der Waals surface area contributed by atoms with Gasteiger partial charge in [-0.05, 0) is 12.5 Å². The summed E-state index contributed by atoms with van der Waals surface area (Å²) in [6, 6.07) is 2.55. The van der Waals surface area contributed by atoms with Gasteiger partial charge in [0, 0.05) is 24.9 Å². The fourth-order valence-electron chi connectivity index (χ4n) is 1.56. The minimum absolute atomic E-state index is 0.0475. The van der Waals surface area contributed by atoms with Gasteiger partial charge < -0.3 is 10.1 Å². The van der Waals surface area contributed by atoms with E-state index < -0.39 is 5.95 Å². The van der Waals surface area contributed by atoms with Crippen LogP contribution in [0.1, 0.15) is 30.1 Å². The number of ether oxygens (including phenoxy) is 1. The number of nitrogens with one attached hydrogen (secondary N) is 1. The van der Waals surface area contributed by atoms with Crippen molar-refractivity contribution in [1.29, 1.82) is 0 Å². The molecule has 1 atom stereocenters. The van der Waals surface area contributed by atoms with E-state index >= 15 is 0 Å². The van der Waals surface area contributed by atoms with Gasteiger partial charge in [-0.2, -0.15) is 4.39 Å². The standard InChI is InChI=1S/C12H17FN2O2/c1-3-4-10(8-17-2)15-12(16)9-5-6-14-11(13)7-9/h5-7,10H,3-4,8H2,1-2H3,(H,15,16). The quantitative estimate of drug-likeness (QED) is 0.771. The zero-order chi connectivity index (χ0) is 12.7. The lowest BCUT2D eigenvalue weighted by Gasteiger charge is -2.17. The number of amides is 1. The second-order valence-corrected chi connectivity index (χ2v) is 3.78. The topological polar surface area (TPSA) is 51.2 Å². The molecule has 0 aliphatic rings. The minimum atomic E-state index is -0.656. The minimum Gasteiger partial charge on any atom is -0.383 e. The summed E-state index contributed by atoms with van der Waals surface area (Å²) in [5, 5.41) is 2.80. The lowest BCUT2D eigenvalue weighted by molar-refractivity contribution is 0.0891. The Morgan fingerprint density at radius 2 is 2.41 bits per heavy atom. The van der Waals surface area contributed by atoms with Gasteiger partial charge in [0.25, 0.3) is 5.91 Å². The number of halogens is 1. The number of methoxy groups -OCH3 is 1. The van der Waals surface area contributed by atoms with Crippen molar-refractivity contribution < 1.29 is 13.9 Å². The Morgan fingerprint density at radius 1 is 1.65 bits per heavy atom. The average molecular weight is 240 g/mol. The summed E-state index contributed by atoms with van der Waals surface area (Å²) in [6.45, 7) is 2.48. The van der Waals surface area contributed by atoms with Crippen LogP contribution in [0.25, 0.3) is 0 Å². The number of aromatic nitrogens is 1. The van der Waals surface area contributed by atoms with Crippen LogP contribution < -0.4 is 5.32 Å². The molecule has 1 amide bonds. The molecule has 1 rings (SSSR count). The number of hydrogen-bond donors (Lipinski definition) is 1. The third-order valence-corrected chi connectivity index (χ3v) is 2.33.